The molecule has 0 unspecified atom stereocenters. The summed E-state index contributed by atoms with van der Waals surface area (Å²) >= 11 is 5.55. The summed E-state index contributed by atoms with van der Waals surface area (Å²) in [5, 5.41) is 3.93. The summed E-state index contributed by atoms with van der Waals surface area (Å²) in [5.74, 6) is 0. The van der Waals surface area contributed by atoms with Crippen molar-refractivity contribution in [2.75, 3.05) is 0 Å². The second-order valence-corrected chi connectivity index (χ2v) is 4.83. The number of amides is 1. The lowest BCUT2D eigenvalue weighted by Gasteiger charge is -2.18. The van der Waals surface area contributed by atoms with E-state index in [-0.39, 0.29) is 5.28 Å². The van der Waals surface area contributed by atoms with E-state index in [0.29, 0.717) is 6.42 Å². The van der Waals surface area contributed by atoms with E-state index < -0.39 is 11.7 Å². The van der Waals surface area contributed by atoms with E-state index in [1.54, 1.807) is 33.2 Å². The zero-order valence-corrected chi connectivity index (χ0v) is 11.2. The van der Waals surface area contributed by atoms with Crippen molar-refractivity contribution < 1.29 is 9.53 Å². The second-order valence-electron chi connectivity index (χ2n) is 4.49. The van der Waals surface area contributed by atoms with Crippen molar-refractivity contribution in [3.63, 3.8) is 0 Å². The number of hydrogen-bond acceptors (Lipinski definition) is 5. The van der Waals surface area contributed by atoms with E-state index in [1.807, 2.05) is 0 Å². The highest BCUT2D eigenvalue weighted by Gasteiger charge is 2.15. The number of nitrogens with one attached hydrogen (secondary N) is 1. The Balaban J connectivity index is 2.33. The Labute approximate surface area is 110 Å². The van der Waals surface area contributed by atoms with Crippen molar-refractivity contribution in [3.05, 3.63) is 23.2 Å². The van der Waals surface area contributed by atoms with Crippen LogP contribution in [0.5, 0.6) is 0 Å². The molecule has 0 fully saturated rings. The Morgan fingerprint density at radius 1 is 1.50 bits per heavy atom. The number of hydrazone groups is 1. The highest BCUT2D eigenvalue weighted by molar-refractivity contribution is 6.28. The van der Waals surface area contributed by atoms with Gasteiger partial charge in [-0.05, 0) is 37.9 Å². The summed E-state index contributed by atoms with van der Waals surface area (Å²) in [6.07, 6.45) is 4.61. The zero-order chi connectivity index (χ0) is 13.6. The van der Waals surface area contributed by atoms with Crippen LogP contribution in [0.4, 0.5) is 4.79 Å². The van der Waals surface area contributed by atoms with Gasteiger partial charge in [-0.15, -0.1) is 0 Å². The standard InChI is InChI=1S/C11H15ClN4O2/c1-11(2,3)18-10(17)16-15-5-4-8-6-13-9(12)14-7-8/h5-7H,4H2,1-3H3,(H,16,17). The lowest BCUT2D eigenvalue weighted by molar-refractivity contribution is 0.0529. The van der Waals surface area contributed by atoms with E-state index in [4.69, 9.17) is 16.3 Å². The highest BCUT2D eigenvalue weighted by Crippen LogP contribution is 2.06. The fraction of sp³-hybridized carbons (Fsp3) is 0.455. The largest absolute Gasteiger partial charge is 0.443 e. The van der Waals surface area contributed by atoms with Crippen LogP contribution in [0.2, 0.25) is 5.28 Å². The molecular weight excluding hydrogens is 256 g/mol. The number of rotatable bonds is 3. The van der Waals surface area contributed by atoms with Crippen LogP contribution in [0.15, 0.2) is 17.5 Å². The first kappa shape index (κ1) is 14.4. The van der Waals surface area contributed by atoms with E-state index in [1.165, 1.54) is 6.21 Å². The molecule has 0 bridgehead atoms. The van der Waals surface area contributed by atoms with Crippen LogP contribution in [-0.4, -0.2) is 27.9 Å². The number of nitrogens with zero attached hydrogens (tertiary/aromatic N) is 3. The molecule has 7 heteroatoms. The van der Waals surface area contributed by atoms with Gasteiger partial charge in [0.15, 0.2) is 0 Å². The number of carbonyl (C=O) groups excluding carboxylic acids is 1. The van der Waals surface area contributed by atoms with Crippen LogP contribution >= 0.6 is 11.6 Å². The monoisotopic (exact) mass is 270 g/mol. The van der Waals surface area contributed by atoms with Gasteiger partial charge in [0.25, 0.3) is 0 Å². The summed E-state index contributed by atoms with van der Waals surface area (Å²) in [6, 6.07) is 0. The average Bonchev–Trinajstić information content (AvgIpc) is 2.24. The smallest absolute Gasteiger partial charge is 0.428 e. The van der Waals surface area contributed by atoms with E-state index in [2.05, 4.69) is 20.5 Å². The number of halogens is 1. The molecule has 1 aromatic heterocycles. The zero-order valence-electron chi connectivity index (χ0n) is 10.5. The predicted molar refractivity (Wildman–Crippen MR) is 68.6 cm³/mol. The highest BCUT2D eigenvalue weighted by atomic mass is 35.5. The van der Waals surface area contributed by atoms with Crippen molar-refractivity contribution in [1.82, 2.24) is 15.4 Å². The molecule has 0 aliphatic heterocycles. The molecule has 1 aromatic rings. The molecule has 0 aliphatic rings. The molecule has 1 amide bonds. The molecule has 1 heterocycles. The van der Waals surface area contributed by atoms with Crippen LogP contribution in [0, 0.1) is 0 Å². The van der Waals surface area contributed by atoms with Gasteiger partial charge in [0, 0.05) is 25.0 Å². The van der Waals surface area contributed by atoms with E-state index in [9.17, 15) is 4.79 Å². The summed E-state index contributed by atoms with van der Waals surface area (Å²) < 4.78 is 5.00. The molecular formula is C11H15ClN4O2. The van der Waals surface area contributed by atoms with Crippen molar-refractivity contribution in [3.8, 4) is 0 Å². The number of ether oxygens (including phenoxy) is 1. The van der Waals surface area contributed by atoms with Crippen LogP contribution in [-0.2, 0) is 11.2 Å². The van der Waals surface area contributed by atoms with Gasteiger partial charge < -0.3 is 4.74 Å². The van der Waals surface area contributed by atoms with Gasteiger partial charge >= 0.3 is 6.09 Å². The van der Waals surface area contributed by atoms with Gasteiger partial charge in [-0.1, -0.05) is 0 Å². The van der Waals surface area contributed by atoms with Crippen LogP contribution in [0.25, 0.3) is 0 Å². The molecule has 1 N–H and O–H groups in total. The lowest BCUT2D eigenvalue weighted by Crippen LogP contribution is -2.29. The van der Waals surface area contributed by atoms with Crippen LogP contribution in [0.3, 0.4) is 0 Å². The van der Waals surface area contributed by atoms with Gasteiger partial charge in [-0.2, -0.15) is 5.10 Å². The normalized spacial score (nSPS) is 11.6. The fourth-order valence-electron chi connectivity index (χ4n) is 0.995. The third-order valence-corrected chi connectivity index (χ3v) is 1.84. The Morgan fingerprint density at radius 2 is 2.11 bits per heavy atom. The first-order chi connectivity index (χ1) is 8.37. The molecule has 1 rings (SSSR count). The number of aromatic nitrogens is 2. The van der Waals surface area contributed by atoms with Gasteiger partial charge in [0.05, 0.1) is 0 Å². The SMILES string of the molecule is CC(C)(C)OC(=O)NN=CCc1cnc(Cl)nc1. The summed E-state index contributed by atoms with van der Waals surface area (Å²) in [7, 11) is 0. The fourth-order valence-corrected chi connectivity index (χ4v) is 1.09. The van der Waals surface area contributed by atoms with Crippen molar-refractivity contribution in [2.45, 2.75) is 32.8 Å². The average molecular weight is 271 g/mol. The molecule has 18 heavy (non-hydrogen) atoms. The van der Waals surface area contributed by atoms with Crippen LogP contribution < -0.4 is 5.43 Å². The van der Waals surface area contributed by atoms with E-state index in [0.717, 1.165) is 5.56 Å². The Morgan fingerprint density at radius 3 is 2.67 bits per heavy atom. The maximum atomic E-state index is 11.2. The summed E-state index contributed by atoms with van der Waals surface area (Å²) in [5.41, 5.74) is 2.57. The van der Waals surface area contributed by atoms with Gasteiger partial charge in [-0.25, -0.2) is 20.2 Å². The van der Waals surface area contributed by atoms with Crippen molar-refractivity contribution >= 4 is 23.9 Å². The Bertz CT molecular complexity index is 426. The quantitative estimate of drug-likeness (QED) is 0.519. The van der Waals surface area contributed by atoms with Gasteiger partial charge in [-0.3, -0.25) is 0 Å². The third kappa shape index (κ3) is 6.15. The molecule has 6 nitrogen and oxygen atoms in total. The van der Waals surface area contributed by atoms with Gasteiger partial charge in [0.1, 0.15) is 5.60 Å². The molecule has 0 atom stereocenters. The third-order valence-electron chi connectivity index (χ3n) is 1.65. The minimum absolute atomic E-state index is 0.197. The maximum Gasteiger partial charge on any atom is 0.428 e. The minimum Gasteiger partial charge on any atom is -0.443 e. The second kappa shape index (κ2) is 6.30. The predicted octanol–water partition coefficient (Wildman–Crippen LogP) is 2.18. The lowest BCUT2D eigenvalue weighted by atomic mass is 10.2. The molecule has 0 spiro atoms. The Hall–Kier alpha value is -1.69. The molecule has 0 saturated heterocycles. The van der Waals surface area contributed by atoms with E-state index >= 15 is 0 Å². The molecule has 0 saturated carbocycles. The number of carbonyl (C=O) groups is 1. The molecule has 0 radical (unpaired) electrons. The number of hydrogen-bond donors (Lipinski definition) is 1. The molecule has 0 aromatic carbocycles. The Kier molecular flexibility index (Phi) is 5.03. The first-order valence-corrected chi connectivity index (χ1v) is 5.71. The summed E-state index contributed by atoms with van der Waals surface area (Å²) in [6.45, 7) is 5.34. The van der Waals surface area contributed by atoms with Crippen molar-refractivity contribution in [1.29, 1.82) is 0 Å². The maximum absolute atomic E-state index is 11.2. The topological polar surface area (TPSA) is 76.5 Å². The first-order valence-electron chi connectivity index (χ1n) is 5.34. The van der Waals surface area contributed by atoms with Crippen molar-refractivity contribution in [2.24, 2.45) is 5.10 Å². The molecule has 98 valence electrons. The minimum atomic E-state index is -0.592. The van der Waals surface area contributed by atoms with Gasteiger partial charge in [0.2, 0.25) is 5.28 Å². The van der Waals surface area contributed by atoms with Crippen LogP contribution in [0.1, 0.15) is 26.3 Å². The molecule has 0 aliphatic carbocycles. The summed E-state index contributed by atoms with van der Waals surface area (Å²) in [4.78, 5) is 18.9.